The summed E-state index contributed by atoms with van der Waals surface area (Å²) in [6, 6.07) is 3.48. The Labute approximate surface area is 119 Å². The van der Waals surface area contributed by atoms with Gasteiger partial charge in [0.2, 0.25) is 0 Å². The molecule has 100 valence electrons. The van der Waals surface area contributed by atoms with E-state index in [0.29, 0.717) is 21.1 Å². The molecule has 0 spiro atoms. The van der Waals surface area contributed by atoms with Crippen LogP contribution in [-0.4, -0.2) is 6.54 Å². The number of rotatable bonds is 4. The molecule has 0 aliphatic heterocycles. The number of hydrogen-bond acceptors (Lipinski definition) is 2. The number of nitrogen functional groups attached to an aromatic ring is 1. The van der Waals surface area contributed by atoms with Crippen LogP contribution in [0.4, 0.5) is 11.4 Å². The number of nitrogens with two attached hydrogens (primary N) is 1. The molecule has 1 fully saturated rings. The molecule has 1 aromatic carbocycles. The first-order valence-electron chi connectivity index (χ1n) is 6.55. The minimum atomic E-state index is 0.411. The summed E-state index contributed by atoms with van der Waals surface area (Å²) in [6.07, 6.45) is 6.45. The fraction of sp³-hybridized carbons (Fsp3) is 0.571. The quantitative estimate of drug-likeness (QED) is 0.768. The van der Waals surface area contributed by atoms with Gasteiger partial charge in [-0.15, -0.1) is 0 Å². The minimum absolute atomic E-state index is 0.411. The monoisotopic (exact) mass is 286 g/mol. The summed E-state index contributed by atoms with van der Waals surface area (Å²) in [6.45, 7) is 3.20. The minimum Gasteiger partial charge on any atom is -0.399 e. The molecule has 2 nitrogen and oxygen atoms in total. The molecular formula is C14H20Cl2N2. The van der Waals surface area contributed by atoms with E-state index in [1.54, 1.807) is 12.1 Å². The molecule has 0 amide bonds. The molecule has 0 heterocycles. The van der Waals surface area contributed by atoms with Crippen molar-refractivity contribution in [2.75, 3.05) is 17.6 Å². The predicted molar refractivity (Wildman–Crippen MR) is 80.6 cm³/mol. The van der Waals surface area contributed by atoms with Gasteiger partial charge in [-0.25, -0.2) is 0 Å². The van der Waals surface area contributed by atoms with Crippen LogP contribution >= 0.6 is 23.2 Å². The zero-order valence-electron chi connectivity index (χ0n) is 10.7. The van der Waals surface area contributed by atoms with E-state index in [9.17, 15) is 0 Å². The molecule has 0 bridgehead atoms. The molecule has 18 heavy (non-hydrogen) atoms. The van der Waals surface area contributed by atoms with Crippen LogP contribution < -0.4 is 11.1 Å². The molecule has 2 rings (SSSR count). The molecule has 1 aromatic rings. The van der Waals surface area contributed by atoms with Gasteiger partial charge in [0.1, 0.15) is 0 Å². The highest BCUT2D eigenvalue weighted by molar-refractivity contribution is 6.39. The maximum Gasteiger partial charge on any atom is 0.0720 e. The van der Waals surface area contributed by atoms with Crippen molar-refractivity contribution in [1.82, 2.24) is 0 Å². The smallest absolute Gasteiger partial charge is 0.0720 e. The number of halogens is 2. The average molecular weight is 287 g/mol. The van der Waals surface area contributed by atoms with Gasteiger partial charge in [-0.2, -0.15) is 0 Å². The lowest BCUT2D eigenvalue weighted by atomic mass is 9.83. The predicted octanol–water partition coefficient (Wildman–Crippen LogP) is 4.96. The first-order valence-corrected chi connectivity index (χ1v) is 7.30. The molecule has 4 heteroatoms. The van der Waals surface area contributed by atoms with E-state index in [1.165, 1.54) is 32.1 Å². The van der Waals surface area contributed by atoms with Gasteiger partial charge in [-0.3, -0.25) is 0 Å². The van der Waals surface area contributed by atoms with Crippen LogP contribution in [0, 0.1) is 5.41 Å². The van der Waals surface area contributed by atoms with Gasteiger partial charge in [-0.05, 0) is 36.8 Å². The molecule has 0 unspecified atom stereocenters. The molecular weight excluding hydrogens is 267 g/mol. The van der Waals surface area contributed by atoms with Gasteiger partial charge in [0, 0.05) is 12.2 Å². The second-order valence-corrected chi connectivity index (χ2v) is 6.09. The summed E-state index contributed by atoms with van der Waals surface area (Å²) in [5.74, 6) is 0. The van der Waals surface area contributed by atoms with E-state index >= 15 is 0 Å². The lowest BCUT2D eigenvalue weighted by Crippen LogP contribution is -2.26. The Balaban J connectivity index is 2.10. The average Bonchev–Trinajstić information content (AvgIpc) is 2.77. The molecule has 1 aliphatic carbocycles. The molecule has 0 saturated heterocycles. The number of nitrogens with one attached hydrogen (secondary N) is 1. The highest BCUT2D eigenvalue weighted by atomic mass is 35.5. The van der Waals surface area contributed by atoms with E-state index in [0.717, 1.165) is 12.2 Å². The molecule has 0 atom stereocenters. The van der Waals surface area contributed by atoms with Crippen molar-refractivity contribution in [3.63, 3.8) is 0 Å². The first kappa shape index (κ1) is 13.8. The van der Waals surface area contributed by atoms with Crippen LogP contribution in [-0.2, 0) is 0 Å². The van der Waals surface area contributed by atoms with Crippen LogP contribution in [0.2, 0.25) is 10.0 Å². The van der Waals surface area contributed by atoms with Crippen LogP contribution in [0.1, 0.15) is 39.0 Å². The number of anilines is 2. The zero-order chi connectivity index (χ0) is 13.2. The molecule has 3 N–H and O–H groups in total. The van der Waals surface area contributed by atoms with E-state index in [4.69, 9.17) is 28.9 Å². The third-order valence-corrected chi connectivity index (χ3v) is 4.71. The Morgan fingerprint density at radius 1 is 1.22 bits per heavy atom. The first-order chi connectivity index (χ1) is 8.56. The molecule has 1 aliphatic rings. The van der Waals surface area contributed by atoms with Crippen molar-refractivity contribution in [1.29, 1.82) is 0 Å². The Kier molecular flexibility index (Phi) is 4.29. The van der Waals surface area contributed by atoms with Gasteiger partial charge < -0.3 is 11.1 Å². The van der Waals surface area contributed by atoms with Crippen LogP contribution in [0.3, 0.4) is 0 Å². The van der Waals surface area contributed by atoms with Gasteiger partial charge in [0.05, 0.1) is 15.7 Å². The Bertz CT molecular complexity index is 403. The third-order valence-electron chi connectivity index (χ3n) is 4.12. The Morgan fingerprint density at radius 3 is 2.28 bits per heavy atom. The summed E-state index contributed by atoms with van der Waals surface area (Å²) in [4.78, 5) is 0. The van der Waals surface area contributed by atoms with Crippen molar-refractivity contribution in [3.05, 3.63) is 22.2 Å². The normalized spacial score (nSPS) is 17.9. The van der Waals surface area contributed by atoms with E-state index in [1.807, 2.05) is 0 Å². The van der Waals surface area contributed by atoms with Crippen molar-refractivity contribution in [3.8, 4) is 0 Å². The summed E-state index contributed by atoms with van der Waals surface area (Å²) in [5.41, 5.74) is 7.52. The van der Waals surface area contributed by atoms with Gasteiger partial charge in [-0.1, -0.05) is 43.0 Å². The summed E-state index contributed by atoms with van der Waals surface area (Å²) in [5, 5.41) is 4.62. The zero-order valence-corrected chi connectivity index (χ0v) is 12.2. The van der Waals surface area contributed by atoms with Gasteiger partial charge >= 0.3 is 0 Å². The van der Waals surface area contributed by atoms with Crippen molar-refractivity contribution in [2.24, 2.45) is 5.41 Å². The van der Waals surface area contributed by atoms with Crippen molar-refractivity contribution >= 4 is 34.6 Å². The van der Waals surface area contributed by atoms with Gasteiger partial charge in [0.15, 0.2) is 0 Å². The van der Waals surface area contributed by atoms with Crippen LogP contribution in [0.15, 0.2) is 12.1 Å². The highest BCUT2D eigenvalue weighted by Crippen LogP contribution is 2.42. The summed E-state index contributed by atoms with van der Waals surface area (Å²) in [7, 11) is 0. The number of hydrogen-bond donors (Lipinski definition) is 2. The molecule has 0 radical (unpaired) electrons. The second-order valence-electron chi connectivity index (χ2n) is 5.27. The number of benzene rings is 1. The fourth-order valence-electron chi connectivity index (χ4n) is 2.82. The lowest BCUT2D eigenvalue weighted by molar-refractivity contribution is 0.307. The van der Waals surface area contributed by atoms with E-state index in [-0.39, 0.29) is 0 Å². The van der Waals surface area contributed by atoms with Crippen LogP contribution in [0.5, 0.6) is 0 Å². The molecule has 0 aromatic heterocycles. The van der Waals surface area contributed by atoms with Crippen LogP contribution in [0.25, 0.3) is 0 Å². The van der Waals surface area contributed by atoms with E-state index in [2.05, 4.69) is 12.2 Å². The van der Waals surface area contributed by atoms with Crippen molar-refractivity contribution in [2.45, 2.75) is 39.0 Å². The maximum absolute atomic E-state index is 6.18. The fourth-order valence-corrected chi connectivity index (χ4v) is 3.46. The summed E-state index contributed by atoms with van der Waals surface area (Å²) < 4.78 is 0. The summed E-state index contributed by atoms with van der Waals surface area (Å²) >= 11 is 12.4. The Hall–Kier alpha value is -0.600. The lowest BCUT2D eigenvalue weighted by Gasteiger charge is -2.28. The van der Waals surface area contributed by atoms with Crippen molar-refractivity contribution < 1.29 is 0 Å². The standard InChI is InChI=1S/C14H20Cl2N2/c1-2-14(5-3-4-6-14)9-18-13-11(15)7-10(17)8-12(13)16/h7-8,18H,2-6,9,17H2,1H3. The van der Waals surface area contributed by atoms with E-state index < -0.39 is 0 Å². The second kappa shape index (κ2) is 5.58. The Morgan fingerprint density at radius 2 is 1.78 bits per heavy atom. The van der Waals surface area contributed by atoms with Gasteiger partial charge in [0.25, 0.3) is 0 Å². The SMILES string of the molecule is CCC1(CNc2c(Cl)cc(N)cc2Cl)CCCC1. The maximum atomic E-state index is 6.18. The largest absolute Gasteiger partial charge is 0.399 e. The topological polar surface area (TPSA) is 38.0 Å². The third kappa shape index (κ3) is 2.86. The molecule has 1 saturated carbocycles. The highest BCUT2D eigenvalue weighted by Gasteiger charge is 2.31.